The van der Waals surface area contributed by atoms with Gasteiger partial charge in [-0.15, -0.1) is 0 Å². The highest BCUT2D eigenvalue weighted by atomic mass is 32.2. The molecule has 25 heavy (non-hydrogen) atoms. The fraction of sp³-hybridized carbons (Fsp3) is 0.316. The summed E-state index contributed by atoms with van der Waals surface area (Å²) >= 11 is 0. The zero-order chi connectivity index (χ0) is 18.4. The maximum atomic E-state index is 12.7. The highest BCUT2D eigenvalue weighted by Crippen LogP contribution is 2.27. The van der Waals surface area contributed by atoms with E-state index in [1.165, 1.54) is 0 Å². The molecular weight excluding hydrogens is 338 g/mol. The lowest BCUT2D eigenvalue weighted by Gasteiger charge is -2.24. The van der Waals surface area contributed by atoms with E-state index >= 15 is 0 Å². The molecule has 1 N–H and O–H groups in total. The van der Waals surface area contributed by atoms with E-state index in [9.17, 15) is 13.2 Å². The van der Waals surface area contributed by atoms with E-state index in [1.54, 1.807) is 55.6 Å². The lowest BCUT2D eigenvalue weighted by atomic mass is 9.93. The summed E-state index contributed by atoms with van der Waals surface area (Å²) in [5, 5.41) is 0. The van der Waals surface area contributed by atoms with Crippen molar-refractivity contribution in [2.45, 2.75) is 31.2 Å². The second-order valence-corrected chi connectivity index (χ2v) is 7.61. The third-order valence-electron chi connectivity index (χ3n) is 4.16. The Morgan fingerprint density at radius 2 is 1.68 bits per heavy atom. The number of hydrogen-bond donors (Lipinski definition) is 1. The Morgan fingerprint density at radius 1 is 1.08 bits per heavy atom. The van der Waals surface area contributed by atoms with Crippen LogP contribution < -0.4 is 9.46 Å². The van der Waals surface area contributed by atoms with Gasteiger partial charge in [0.05, 0.1) is 18.0 Å². The minimum Gasteiger partial charge on any atom is -0.497 e. The van der Waals surface area contributed by atoms with E-state index in [0.717, 1.165) is 17.4 Å². The third-order valence-corrected chi connectivity index (χ3v) is 5.62. The number of aldehydes is 1. The van der Waals surface area contributed by atoms with Gasteiger partial charge < -0.3 is 9.53 Å². The van der Waals surface area contributed by atoms with Gasteiger partial charge in [-0.1, -0.05) is 36.8 Å². The van der Waals surface area contributed by atoms with Crippen LogP contribution in [0.25, 0.3) is 0 Å². The molecule has 2 rings (SSSR count). The van der Waals surface area contributed by atoms with Crippen molar-refractivity contribution in [2.24, 2.45) is 5.92 Å². The van der Waals surface area contributed by atoms with Crippen molar-refractivity contribution in [3.8, 4) is 5.75 Å². The monoisotopic (exact) mass is 361 g/mol. The van der Waals surface area contributed by atoms with Gasteiger partial charge in [-0.25, -0.2) is 13.1 Å². The minimum absolute atomic E-state index is 0.178. The molecule has 0 amide bonds. The van der Waals surface area contributed by atoms with Crippen LogP contribution in [-0.4, -0.2) is 21.8 Å². The van der Waals surface area contributed by atoms with Crippen molar-refractivity contribution < 1.29 is 17.9 Å². The molecule has 0 aliphatic rings. The van der Waals surface area contributed by atoms with Crippen molar-refractivity contribution in [1.82, 2.24) is 4.72 Å². The quantitative estimate of drug-likeness (QED) is 0.733. The first-order valence-electron chi connectivity index (χ1n) is 8.09. The predicted molar refractivity (Wildman–Crippen MR) is 97.1 cm³/mol. The molecule has 2 atom stereocenters. The summed E-state index contributed by atoms with van der Waals surface area (Å²) in [6, 6.07) is 13.0. The van der Waals surface area contributed by atoms with Gasteiger partial charge in [0.1, 0.15) is 12.0 Å². The molecule has 0 heterocycles. The van der Waals surface area contributed by atoms with E-state index < -0.39 is 22.0 Å². The van der Waals surface area contributed by atoms with Gasteiger partial charge in [0.2, 0.25) is 10.0 Å². The number of sulfonamides is 1. The number of hydrogen-bond acceptors (Lipinski definition) is 4. The minimum atomic E-state index is -3.75. The molecule has 0 aromatic heterocycles. The van der Waals surface area contributed by atoms with E-state index in [2.05, 4.69) is 4.72 Å². The summed E-state index contributed by atoms with van der Waals surface area (Å²) in [4.78, 5) is 11.7. The topological polar surface area (TPSA) is 72.5 Å². The van der Waals surface area contributed by atoms with E-state index in [4.69, 9.17) is 4.74 Å². The lowest BCUT2D eigenvalue weighted by molar-refractivity contribution is -0.111. The Bertz CT molecular complexity index is 798. The Morgan fingerprint density at radius 3 is 2.16 bits per heavy atom. The maximum absolute atomic E-state index is 12.7. The standard InChI is InChI=1S/C19H23NO4S/c1-4-15(13-21)19(16-7-9-17(24-3)10-8-16)20-25(22,23)18-11-5-14(2)6-12-18/h5-13,15,19-20H,4H2,1-3H3/t15-,19-/m0/s1. The molecule has 0 aliphatic carbocycles. The van der Waals surface area contributed by atoms with Crippen LogP contribution in [0.1, 0.15) is 30.5 Å². The lowest BCUT2D eigenvalue weighted by Crippen LogP contribution is -2.34. The SMILES string of the molecule is CC[C@@H](C=O)[C@H](NS(=O)(=O)c1ccc(C)cc1)c1ccc(OC)cc1. The molecule has 0 aliphatic heterocycles. The Kier molecular flexibility index (Phi) is 6.33. The number of benzene rings is 2. The summed E-state index contributed by atoms with van der Waals surface area (Å²) in [7, 11) is -2.18. The van der Waals surface area contributed by atoms with Crippen LogP contribution in [0.2, 0.25) is 0 Å². The second kappa shape index (κ2) is 8.27. The number of methoxy groups -OCH3 is 1. The molecule has 0 saturated heterocycles. The number of carbonyl (C=O) groups excluding carboxylic acids is 1. The van der Waals surface area contributed by atoms with Crippen LogP contribution in [0.15, 0.2) is 53.4 Å². The van der Waals surface area contributed by atoms with Gasteiger partial charge in [-0.05, 0) is 43.2 Å². The molecule has 6 heteroatoms. The van der Waals surface area contributed by atoms with Crippen molar-refractivity contribution in [2.75, 3.05) is 7.11 Å². The summed E-state index contributed by atoms with van der Waals surface area (Å²) in [6.45, 7) is 3.75. The fourth-order valence-corrected chi connectivity index (χ4v) is 3.85. The normalized spacial score (nSPS) is 13.9. The molecular formula is C19H23NO4S. The molecule has 134 valence electrons. The predicted octanol–water partition coefficient (Wildman–Crippen LogP) is 3.25. The van der Waals surface area contributed by atoms with Gasteiger partial charge in [0.25, 0.3) is 0 Å². The van der Waals surface area contributed by atoms with Gasteiger partial charge in [-0.3, -0.25) is 0 Å². The van der Waals surface area contributed by atoms with Crippen molar-refractivity contribution in [3.63, 3.8) is 0 Å². The number of aryl methyl sites for hydroxylation is 1. The summed E-state index contributed by atoms with van der Waals surface area (Å²) < 4.78 is 33.3. The summed E-state index contributed by atoms with van der Waals surface area (Å²) in [6.07, 6.45) is 1.32. The first-order valence-corrected chi connectivity index (χ1v) is 9.57. The van der Waals surface area contributed by atoms with Crippen LogP contribution in [0, 0.1) is 12.8 Å². The van der Waals surface area contributed by atoms with Gasteiger partial charge >= 0.3 is 0 Å². The molecule has 0 fully saturated rings. The third kappa shape index (κ3) is 4.67. The van der Waals surface area contributed by atoms with Crippen molar-refractivity contribution >= 4 is 16.3 Å². The smallest absolute Gasteiger partial charge is 0.241 e. The number of nitrogens with one attached hydrogen (secondary N) is 1. The molecule has 2 aromatic rings. The largest absolute Gasteiger partial charge is 0.497 e. The average molecular weight is 361 g/mol. The first-order chi connectivity index (χ1) is 11.9. The van der Waals surface area contributed by atoms with E-state index in [1.807, 2.05) is 13.8 Å². The highest BCUT2D eigenvalue weighted by molar-refractivity contribution is 7.89. The van der Waals surface area contributed by atoms with E-state index in [0.29, 0.717) is 12.2 Å². The first kappa shape index (κ1) is 19.1. The van der Waals surface area contributed by atoms with Crippen LogP contribution in [0.5, 0.6) is 5.75 Å². The van der Waals surface area contributed by atoms with Crippen molar-refractivity contribution in [3.05, 3.63) is 59.7 Å². The average Bonchev–Trinajstić information content (AvgIpc) is 2.62. The van der Waals surface area contributed by atoms with Gasteiger partial charge in [0, 0.05) is 5.92 Å². The Hall–Kier alpha value is -2.18. The maximum Gasteiger partial charge on any atom is 0.241 e. The summed E-state index contributed by atoms with van der Waals surface area (Å²) in [5.41, 5.74) is 1.69. The number of ether oxygens (including phenoxy) is 1. The fourth-order valence-electron chi connectivity index (χ4n) is 2.58. The van der Waals surface area contributed by atoms with Crippen LogP contribution in [0.3, 0.4) is 0 Å². The molecule has 5 nitrogen and oxygen atoms in total. The molecule has 0 radical (unpaired) electrons. The van der Waals surface area contributed by atoms with Crippen LogP contribution in [-0.2, 0) is 14.8 Å². The molecule has 0 bridgehead atoms. The molecule has 2 aromatic carbocycles. The number of carbonyl (C=O) groups is 1. The van der Waals surface area contributed by atoms with E-state index in [-0.39, 0.29) is 4.90 Å². The second-order valence-electron chi connectivity index (χ2n) is 5.89. The Labute approximate surface area is 149 Å². The zero-order valence-corrected chi connectivity index (χ0v) is 15.4. The summed E-state index contributed by atoms with van der Waals surface area (Å²) in [5.74, 6) is 0.205. The molecule has 0 unspecified atom stereocenters. The van der Waals surface area contributed by atoms with Crippen LogP contribution in [0.4, 0.5) is 0 Å². The van der Waals surface area contributed by atoms with Crippen LogP contribution >= 0.6 is 0 Å². The zero-order valence-electron chi connectivity index (χ0n) is 14.6. The highest BCUT2D eigenvalue weighted by Gasteiger charge is 2.27. The molecule has 0 spiro atoms. The van der Waals surface area contributed by atoms with Gasteiger partial charge in [0.15, 0.2) is 0 Å². The number of rotatable bonds is 8. The van der Waals surface area contributed by atoms with Crippen molar-refractivity contribution in [1.29, 1.82) is 0 Å². The Balaban J connectivity index is 2.38. The molecule has 0 saturated carbocycles. The van der Waals surface area contributed by atoms with Gasteiger partial charge in [-0.2, -0.15) is 0 Å².